The summed E-state index contributed by atoms with van der Waals surface area (Å²) in [6.45, 7) is 8.30. The Kier molecular flexibility index (Phi) is 3.82. The van der Waals surface area contributed by atoms with Gasteiger partial charge in [-0.25, -0.2) is 0 Å². The first-order chi connectivity index (χ1) is 4.45. The molecule has 0 radical (unpaired) electrons. The zero-order valence-corrected chi connectivity index (χ0v) is 8.18. The molecule has 0 aromatic rings. The van der Waals surface area contributed by atoms with E-state index in [1.54, 1.807) is 0 Å². The van der Waals surface area contributed by atoms with Crippen molar-refractivity contribution in [3.05, 3.63) is 0 Å². The van der Waals surface area contributed by atoms with E-state index in [1.165, 1.54) is 0 Å². The predicted octanol–water partition coefficient (Wildman–Crippen LogP) is 1.82. The van der Waals surface area contributed by atoms with Crippen molar-refractivity contribution in [1.29, 1.82) is 0 Å². The van der Waals surface area contributed by atoms with Gasteiger partial charge in [-0.05, 0) is 26.6 Å². The van der Waals surface area contributed by atoms with E-state index in [-0.39, 0.29) is 6.10 Å². The molecule has 0 saturated carbocycles. The summed E-state index contributed by atoms with van der Waals surface area (Å²) < 4.78 is 5.59. The molecule has 0 aromatic carbocycles. The Morgan fingerprint density at radius 2 is 2.00 bits per heavy atom. The Labute approximate surface area is 63.7 Å². The summed E-state index contributed by atoms with van der Waals surface area (Å²) in [5, 5.41) is 0. The van der Waals surface area contributed by atoms with Crippen LogP contribution in [0.4, 0.5) is 0 Å². The largest absolute Gasteiger partial charge is 0.415 e. The van der Waals surface area contributed by atoms with E-state index in [9.17, 15) is 4.79 Å². The van der Waals surface area contributed by atoms with Gasteiger partial charge in [0.1, 0.15) is 6.29 Å². The molecule has 60 valence electrons. The molecule has 0 aliphatic heterocycles. The van der Waals surface area contributed by atoms with Crippen molar-refractivity contribution in [3.8, 4) is 0 Å². The quantitative estimate of drug-likeness (QED) is 0.463. The van der Waals surface area contributed by atoms with E-state index in [0.717, 1.165) is 6.29 Å². The Morgan fingerprint density at radius 1 is 1.50 bits per heavy atom. The van der Waals surface area contributed by atoms with Crippen molar-refractivity contribution in [1.82, 2.24) is 0 Å². The molecule has 0 aliphatic rings. The molecular formula is C7H16O2Si. The van der Waals surface area contributed by atoms with Gasteiger partial charge in [0, 0.05) is 12.5 Å². The SMILES string of the molecule is CC(CC=O)O[Si](C)(C)C. The van der Waals surface area contributed by atoms with Crippen molar-refractivity contribution < 1.29 is 9.22 Å². The first kappa shape index (κ1) is 9.85. The Hall–Kier alpha value is -0.153. The first-order valence-corrected chi connectivity index (χ1v) is 6.98. The molecule has 0 aliphatic carbocycles. The van der Waals surface area contributed by atoms with Gasteiger partial charge >= 0.3 is 0 Å². The van der Waals surface area contributed by atoms with E-state index >= 15 is 0 Å². The minimum atomic E-state index is -1.42. The van der Waals surface area contributed by atoms with Gasteiger partial charge in [0.25, 0.3) is 0 Å². The van der Waals surface area contributed by atoms with E-state index in [2.05, 4.69) is 19.6 Å². The third kappa shape index (κ3) is 5.97. The van der Waals surface area contributed by atoms with E-state index in [1.807, 2.05) is 6.92 Å². The maximum Gasteiger partial charge on any atom is 0.184 e. The molecule has 0 fully saturated rings. The van der Waals surface area contributed by atoms with Crippen molar-refractivity contribution in [2.75, 3.05) is 0 Å². The highest BCUT2D eigenvalue weighted by Crippen LogP contribution is 2.07. The Bertz CT molecular complexity index is 107. The van der Waals surface area contributed by atoms with Gasteiger partial charge in [-0.15, -0.1) is 0 Å². The van der Waals surface area contributed by atoms with Gasteiger partial charge in [0.15, 0.2) is 8.32 Å². The zero-order chi connectivity index (χ0) is 8.20. The third-order valence-corrected chi connectivity index (χ3v) is 2.09. The fourth-order valence-electron chi connectivity index (χ4n) is 0.787. The van der Waals surface area contributed by atoms with Gasteiger partial charge in [0.05, 0.1) is 0 Å². The molecule has 0 spiro atoms. The van der Waals surface area contributed by atoms with Gasteiger partial charge in [-0.3, -0.25) is 0 Å². The van der Waals surface area contributed by atoms with Crippen LogP contribution in [0.15, 0.2) is 0 Å². The van der Waals surface area contributed by atoms with Crippen molar-refractivity contribution in [2.24, 2.45) is 0 Å². The molecule has 1 atom stereocenters. The molecule has 0 rings (SSSR count). The minimum Gasteiger partial charge on any atom is -0.415 e. The van der Waals surface area contributed by atoms with Crippen LogP contribution in [0.1, 0.15) is 13.3 Å². The standard InChI is InChI=1S/C7H16O2Si/c1-7(5-6-8)9-10(2,3)4/h6-7H,5H2,1-4H3. The summed E-state index contributed by atoms with van der Waals surface area (Å²) in [6, 6.07) is 0. The van der Waals surface area contributed by atoms with Crippen LogP contribution in [0.2, 0.25) is 19.6 Å². The maximum absolute atomic E-state index is 10.0. The van der Waals surface area contributed by atoms with Crippen molar-refractivity contribution >= 4 is 14.6 Å². The van der Waals surface area contributed by atoms with Crippen molar-refractivity contribution in [3.63, 3.8) is 0 Å². The lowest BCUT2D eigenvalue weighted by Gasteiger charge is -2.21. The number of carbonyl (C=O) groups is 1. The summed E-state index contributed by atoms with van der Waals surface area (Å²) >= 11 is 0. The second kappa shape index (κ2) is 3.88. The molecule has 1 unspecified atom stereocenters. The molecule has 0 amide bonds. The van der Waals surface area contributed by atoms with Crippen LogP contribution in [-0.2, 0) is 9.22 Å². The molecule has 0 heterocycles. The Morgan fingerprint density at radius 3 is 2.30 bits per heavy atom. The van der Waals surface area contributed by atoms with Crippen LogP contribution in [-0.4, -0.2) is 20.7 Å². The Balaban J connectivity index is 3.56. The van der Waals surface area contributed by atoms with Gasteiger partial charge in [-0.1, -0.05) is 0 Å². The summed E-state index contributed by atoms with van der Waals surface area (Å²) in [6.07, 6.45) is 1.53. The molecule has 0 aromatic heterocycles. The van der Waals surface area contributed by atoms with Gasteiger partial charge < -0.3 is 9.22 Å². The molecule has 0 saturated heterocycles. The molecular weight excluding hydrogens is 144 g/mol. The smallest absolute Gasteiger partial charge is 0.184 e. The van der Waals surface area contributed by atoms with E-state index in [0.29, 0.717) is 6.42 Å². The predicted molar refractivity (Wildman–Crippen MR) is 44.6 cm³/mol. The fourth-order valence-corrected chi connectivity index (χ4v) is 2.09. The minimum absolute atomic E-state index is 0.101. The lowest BCUT2D eigenvalue weighted by Crippen LogP contribution is -2.30. The molecule has 3 heteroatoms. The fraction of sp³-hybridized carbons (Fsp3) is 0.857. The zero-order valence-electron chi connectivity index (χ0n) is 7.18. The van der Waals surface area contributed by atoms with Crippen LogP contribution in [0.5, 0.6) is 0 Å². The third-order valence-electron chi connectivity index (χ3n) is 0.983. The van der Waals surface area contributed by atoms with Crippen LogP contribution < -0.4 is 0 Å². The first-order valence-electron chi connectivity index (χ1n) is 3.57. The lowest BCUT2D eigenvalue weighted by molar-refractivity contribution is -0.109. The number of carbonyl (C=O) groups excluding carboxylic acids is 1. The highest BCUT2D eigenvalue weighted by molar-refractivity contribution is 6.69. The van der Waals surface area contributed by atoms with Crippen LogP contribution in [0.3, 0.4) is 0 Å². The normalized spacial score (nSPS) is 14.8. The number of rotatable bonds is 4. The maximum atomic E-state index is 10.0. The van der Waals surface area contributed by atoms with Crippen LogP contribution in [0.25, 0.3) is 0 Å². The molecule has 0 N–H and O–H groups in total. The highest BCUT2D eigenvalue weighted by atomic mass is 28.4. The summed E-state index contributed by atoms with van der Waals surface area (Å²) in [4.78, 5) is 10.0. The molecule has 2 nitrogen and oxygen atoms in total. The second-order valence-corrected chi connectivity index (χ2v) is 7.90. The highest BCUT2D eigenvalue weighted by Gasteiger charge is 2.17. The summed E-state index contributed by atoms with van der Waals surface area (Å²) in [7, 11) is -1.42. The van der Waals surface area contributed by atoms with Crippen molar-refractivity contribution in [2.45, 2.75) is 39.1 Å². The summed E-state index contributed by atoms with van der Waals surface area (Å²) in [5.41, 5.74) is 0. The topological polar surface area (TPSA) is 26.3 Å². The monoisotopic (exact) mass is 160 g/mol. The number of hydrogen-bond donors (Lipinski definition) is 0. The van der Waals surface area contributed by atoms with Crippen LogP contribution in [0, 0.1) is 0 Å². The van der Waals surface area contributed by atoms with Crippen LogP contribution >= 0.6 is 0 Å². The lowest BCUT2D eigenvalue weighted by atomic mass is 10.3. The average molecular weight is 160 g/mol. The van der Waals surface area contributed by atoms with E-state index < -0.39 is 8.32 Å². The number of aldehydes is 1. The average Bonchev–Trinajstić information content (AvgIpc) is 1.59. The van der Waals surface area contributed by atoms with Gasteiger partial charge in [-0.2, -0.15) is 0 Å². The molecule has 10 heavy (non-hydrogen) atoms. The van der Waals surface area contributed by atoms with E-state index in [4.69, 9.17) is 4.43 Å². The second-order valence-electron chi connectivity index (χ2n) is 3.44. The molecule has 0 bridgehead atoms. The van der Waals surface area contributed by atoms with Gasteiger partial charge in [0.2, 0.25) is 0 Å². The summed E-state index contributed by atoms with van der Waals surface area (Å²) in [5.74, 6) is 0. The number of hydrogen-bond acceptors (Lipinski definition) is 2.